The highest BCUT2D eigenvalue weighted by atomic mass is 32.1. The Balaban J connectivity index is 1.55. The Morgan fingerprint density at radius 1 is 1.14 bits per heavy atom. The maximum Gasteiger partial charge on any atom is 0.279 e. The summed E-state index contributed by atoms with van der Waals surface area (Å²) in [5.74, 6) is 1.14. The molecular formula is C21H24N2O4S. The maximum atomic E-state index is 12.3. The first-order valence-corrected chi connectivity index (χ1v) is 9.93. The summed E-state index contributed by atoms with van der Waals surface area (Å²) in [5.41, 5.74) is 6.92. The molecule has 0 spiro atoms. The molecule has 0 saturated carbocycles. The van der Waals surface area contributed by atoms with Crippen molar-refractivity contribution >= 4 is 29.2 Å². The number of benzene rings is 1. The first kappa shape index (κ1) is 19.9. The molecule has 6 nitrogen and oxygen atoms in total. The number of ether oxygens (including phenoxy) is 2. The molecule has 3 rings (SSSR count). The minimum atomic E-state index is -0.418. The number of thiophene rings is 1. The van der Waals surface area contributed by atoms with E-state index in [-0.39, 0.29) is 5.91 Å². The van der Waals surface area contributed by atoms with Crippen molar-refractivity contribution in [1.82, 2.24) is 10.9 Å². The number of aryl methyl sites for hydroxylation is 1. The zero-order chi connectivity index (χ0) is 20.1. The Hall–Kier alpha value is -2.80. The third-order valence-electron chi connectivity index (χ3n) is 4.69. The van der Waals surface area contributed by atoms with Gasteiger partial charge in [0.25, 0.3) is 11.8 Å². The van der Waals surface area contributed by atoms with Crippen LogP contribution in [-0.2, 0) is 17.6 Å². The Morgan fingerprint density at radius 2 is 1.93 bits per heavy atom. The Morgan fingerprint density at radius 3 is 2.68 bits per heavy atom. The summed E-state index contributed by atoms with van der Waals surface area (Å²) in [4.78, 5) is 26.2. The number of amides is 2. The van der Waals surface area contributed by atoms with Gasteiger partial charge in [0.2, 0.25) is 0 Å². The molecule has 1 atom stereocenters. The Kier molecular flexibility index (Phi) is 6.36. The number of nitrogens with one attached hydrogen (secondary N) is 2. The number of rotatable bonds is 5. The maximum absolute atomic E-state index is 12.3. The van der Waals surface area contributed by atoms with Gasteiger partial charge in [-0.25, -0.2) is 0 Å². The number of fused-ring (bicyclic) bond motifs is 1. The topological polar surface area (TPSA) is 76.7 Å². The van der Waals surface area contributed by atoms with Gasteiger partial charge in [0, 0.05) is 11.0 Å². The van der Waals surface area contributed by atoms with Crippen LogP contribution in [0.1, 0.15) is 39.0 Å². The van der Waals surface area contributed by atoms with Crippen molar-refractivity contribution in [2.24, 2.45) is 5.92 Å². The van der Waals surface area contributed by atoms with E-state index in [9.17, 15) is 9.59 Å². The molecule has 1 aliphatic carbocycles. The van der Waals surface area contributed by atoms with Gasteiger partial charge in [0.1, 0.15) is 0 Å². The molecular weight excluding hydrogens is 376 g/mol. The van der Waals surface area contributed by atoms with Crippen LogP contribution in [0.3, 0.4) is 0 Å². The van der Waals surface area contributed by atoms with E-state index in [2.05, 4.69) is 17.8 Å². The van der Waals surface area contributed by atoms with E-state index in [0.717, 1.165) is 24.8 Å². The molecule has 2 aromatic rings. The lowest BCUT2D eigenvalue weighted by molar-refractivity contribution is -0.117. The largest absolute Gasteiger partial charge is 0.493 e. The molecule has 1 heterocycles. The summed E-state index contributed by atoms with van der Waals surface area (Å²) in [7, 11) is 3.12. The standard InChI is InChI=1S/C21H24N2O4S/c1-13-4-8-18-15(10-13)12-19(28-18)21(25)23-22-20(24)9-6-14-5-7-16(26-2)17(11-14)27-3/h5-7,9,11-13H,4,8,10H2,1-3H3,(H,22,24)(H,23,25)/b9-6+/t13-/m1/s1. The van der Waals surface area contributed by atoms with Crippen LogP contribution < -0.4 is 20.3 Å². The van der Waals surface area contributed by atoms with E-state index >= 15 is 0 Å². The van der Waals surface area contributed by atoms with Crippen molar-refractivity contribution in [2.45, 2.75) is 26.2 Å². The highest BCUT2D eigenvalue weighted by Crippen LogP contribution is 2.32. The first-order chi connectivity index (χ1) is 13.5. The van der Waals surface area contributed by atoms with Crippen molar-refractivity contribution < 1.29 is 19.1 Å². The van der Waals surface area contributed by atoms with Crippen LogP contribution in [0.5, 0.6) is 11.5 Å². The minimum absolute atomic E-state index is 0.292. The average molecular weight is 401 g/mol. The van der Waals surface area contributed by atoms with Crippen molar-refractivity contribution in [2.75, 3.05) is 14.2 Å². The van der Waals surface area contributed by atoms with Gasteiger partial charge in [-0.15, -0.1) is 11.3 Å². The number of carbonyl (C=O) groups excluding carboxylic acids is 2. The van der Waals surface area contributed by atoms with Crippen molar-refractivity contribution in [3.8, 4) is 11.5 Å². The number of hydrogen-bond acceptors (Lipinski definition) is 5. The summed E-state index contributed by atoms with van der Waals surface area (Å²) in [5, 5.41) is 0. The summed E-state index contributed by atoms with van der Waals surface area (Å²) < 4.78 is 10.4. The van der Waals surface area contributed by atoms with Gasteiger partial charge in [-0.3, -0.25) is 20.4 Å². The molecule has 0 unspecified atom stereocenters. The second-order valence-electron chi connectivity index (χ2n) is 6.80. The van der Waals surface area contributed by atoms with Gasteiger partial charge >= 0.3 is 0 Å². The van der Waals surface area contributed by atoms with Gasteiger partial charge in [0.05, 0.1) is 19.1 Å². The SMILES string of the molecule is COc1ccc(/C=C/C(=O)NNC(=O)c2cc3c(s2)CC[C@@H](C)C3)cc1OC. The van der Waals surface area contributed by atoms with E-state index < -0.39 is 5.91 Å². The smallest absolute Gasteiger partial charge is 0.279 e. The molecule has 0 saturated heterocycles. The average Bonchev–Trinajstić information content (AvgIpc) is 3.13. The third-order valence-corrected chi connectivity index (χ3v) is 5.92. The predicted molar refractivity (Wildman–Crippen MR) is 110 cm³/mol. The Bertz CT molecular complexity index is 904. The second kappa shape index (κ2) is 8.93. The molecule has 148 valence electrons. The van der Waals surface area contributed by atoms with Gasteiger partial charge in [0.15, 0.2) is 11.5 Å². The molecule has 0 bridgehead atoms. The van der Waals surface area contributed by atoms with E-state index in [4.69, 9.17) is 9.47 Å². The van der Waals surface area contributed by atoms with E-state index in [1.165, 1.54) is 27.9 Å². The predicted octanol–water partition coefficient (Wildman–Crippen LogP) is 3.36. The highest BCUT2D eigenvalue weighted by Gasteiger charge is 2.20. The van der Waals surface area contributed by atoms with Crippen LogP contribution in [0, 0.1) is 5.92 Å². The lowest BCUT2D eigenvalue weighted by Crippen LogP contribution is -2.40. The molecule has 28 heavy (non-hydrogen) atoms. The van der Waals surface area contributed by atoms with Gasteiger partial charge in [-0.05, 0) is 60.6 Å². The molecule has 7 heteroatoms. The second-order valence-corrected chi connectivity index (χ2v) is 7.93. The summed E-state index contributed by atoms with van der Waals surface area (Å²) in [6.45, 7) is 2.23. The number of hydrogen-bond donors (Lipinski definition) is 2. The number of methoxy groups -OCH3 is 2. The van der Waals surface area contributed by atoms with Crippen LogP contribution in [0.4, 0.5) is 0 Å². The zero-order valence-corrected chi connectivity index (χ0v) is 17.0. The van der Waals surface area contributed by atoms with Gasteiger partial charge in [-0.1, -0.05) is 13.0 Å². The van der Waals surface area contributed by atoms with Crippen molar-refractivity contribution in [1.29, 1.82) is 0 Å². The fourth-order valence-corrected chi connectivity index (χ4v) is 4.27. The normalized spacial score (nSPS) is 15.8. The van der Waals surface area contributed by atoms with Gasteiger partial charge < -0.3 is 9.47 Å². The quantitative estimate of drug-likeness (QED) is 0.596. The fourth-order valence-electron chi connectivity index (χ4n) is 3.17. The minimum Gasteiger partial charge on any atom is -0.493 e. The molecule has 0 aliphatic heterocycles. The molecule has 2 N–H and O–H groups in total. The van der Waals surface area contributed by atoms with Crippen molar-refractivity contribution in [3.63, 3.8) is 0 Å². The molecule has 1 aromatic heterocycles. The first-order valence-electron chi connectivity index (χ1n) is 9.12. The van der Waals surface area contributed by atoms with E-state index in [1.807, 2.05) is 6.07 Å². The fraction of sp³-hybridized carbons (Fsp3) is 0.333. The van der Waals surface area contributed by atoms with E-state index in [1.54, 1.807) is 38.5 Å². The zero-order valence-electron chi connectivity index (χ0n) is 16.2. The lowest BCUT2D eigenvalue weighted by atomic mass is 9.90. The molecule has 1 aliphatic rings. The van der Waals surface area contributed by atoms with Crippen molar-refractivity contribution in [3.05, 3.63) is 51.2 Å². The van der Waals surface area contributed by atoms with Crippen LogP contribution in [0.2, 0.25) is 0 Å². The molecule has 2 amide bonds. The molecule has 0 radical (unpaired) electrons. The Labute approximate surface area is 168 Å². The number of hydrazine groups is 1. The van der Waals surface area contributed by atoms with Crippen LogP contribution in [-0.4, -0.2) is 26.0 Å². The molecule has 0 fully saturated rings. The molecule has 1 aromatic carbocycles. The van der Waals surface area contributed by atoms with Gasteiger partial charge in [-0.2, -0.15) is 0 Å². The third kappa shape index (κ3) is 4.72. The van der Waals surface area contributed by atoms with E-state index in [0.29, 0.717) is 22.3 Å². The monoisotopic (exact) mass is 400 g/mol. The number of carbonyl (C=O) groups is 2. The highest BCUT2D eigenvalue weighted by molar-refractivity contribution is 7.14. The summed E-state index contributed by atoms with van der Waals surface area (Å²) in [6, 6.07) is 7.27. The van der Waals surface area contributed by atoms with Crippen LogP contribution in [0.15, 0.2) is 30.3 Å². The van der Waals surface area contributed by atoms with Crippen LogP contribution in [0.25, 0.3) is 6.08 Å². The summed E-state index contributed by atoms with van der Waals surface area (Å²) >= 11 is 1.51. The summed E-state index contributed by atoms with van der Waals surface area (Å²) in [6.07, 6.45) is 6.18. The van der Waals surface area contributed by atoms with Crippen LogP contribution >= 0.6 is 11.3 Å². The lowest BCUT2D eigenvalue weighted by Gasteiger charge is -2.16.